The number of amides is 7. The van der Waals surface area contributed by atoms with Crippen molar-refractivity contribution in [1.82, 2.24) is 61.4 Å². The molecule has 0 bridgehead atoms. The summed E-state index contributed by atoms with van der Waals surface area (Å²) in [6, 6.07) is 11.2. The van der Waals surface area contributed by atoms with E-state index in [9.17, 15) is 43.1 Å². The molecule has 1 aliphatic heterocycles. The van der Waals surface area contributed by atoms with E-state index in [1.807, 2.05) is 31.2 Å². The molecule has 2 fully saturated rings. The highest BCUT2D eigenvalue weighted by molar-refractivity contribution is 7.13. The fraction of sp³-hybridized carbons (Fsp3) is 0.500. The largest absolute Gasteiger partial charge is 0.494 e. The topological polar surface area (TPSA) is 306 Å². The van der Waals surface area contributed by atoms with Gasteiger partial charge in [-0.25, -0.2) is 14.4 Å². The number of benzene rings is 2. The van der Waals surface area contributed by atoms with Crippen molar-refractivity contribution in [3.05, 3.63) is 77.3 Å². The second kappa shape index (κ2) is 27.5. The third-order valence-electron chi connectivity index (χ3n) is 14.1. The number of aliphatic hydroxyl groups is 1. The lowest BCUT2D eigenvalue weighted by atomic mass is 9.85. The maximum absolute atomic E-state index is 14.8. The minimum Gasteiger partial charge on any atom is -0.494 e. The number of rotatable bonds is 27. The Kier molecular flexibility index (Phi) is 20.6. The number of para-hydroxylation sites is 1. The number of likely N-dealkylation sites (tertiary alicyclic amines) is 1. The summed E-state index contributed by atoms with van der Waals surface area (Å²) in [4.78, 5) is 104. The Hall–Kier alpha value is -7.93. The molecule has 434 valence electrons. The maximum atomic E-state index is 14.8. The fourth-order valence-electron chi connectivity index (χ4n) is 9.39. The van der Waals surface area contributed by atoms with Gasteiger partial charge in [0.05, 0.1) is 65.2 Å². The predicted molar refractivity (Wildman–Crippen MR) is 302 cm³/mol. The summed E-state index contributed by atoms with van der Waals surface area (Å²) >= 11 is 1.50. The van der Waals surface area contributed by atoms with Gasteiger partial charge in [-0.05, 0) is 61.3 Å². The van der Waals surface area contributed by atoms with E-state index in [1.165, 1.54) is 36.5 Å². The number of alkyl halides is 1. The van der Waals surface area contributed by atoms with Gasteiger partial charge in [0, 0.05) is 46.1 Å². The summed E-state index contributed by atoms with van der Waals surface area (Å²) in [7, 11) is 4.70. The summed E-state index contributed by atoms with van der Waals surface area (Å²) in [5.41, 5.74) is 2.62. The average Bonchev–Trinajstić information content (AvgIpc) is 3.80. The van der Waals surface area contributed by atoms with Crippen LogP contribution in [0.5, 0.6) is 5.75 Å². The number of halogens is 1. The third kappa shape index (κ3) is 16.4. The molecule has 25 heteroatoms. The standard InChI is InChI=1S/C56H73FN14O9S/c1-33-48(81-32-62-33)35-21-19-34(20-22-35)39(64-51(76)41-26-36(72)30-71(41)53(78)49(55(2,3)4)66-54(79)56(57)23-24-56)28-44(74)59-25-14-12-10-8-9-11-13-18-43(73)60-29-45(75)65-42-27-40(46(68-67-42)52(77)58-5)63-38-17-15-16-37(47(38)80-7)50-61-31-70(6)69-50/h15-17,19-22,27,31-32,36,39,41,49,72H,8-14,18,23-26,28-30H2,1-7H3,(H,58,77)(H,59,74)(H,60,73)(H,64,76)(H,66,79)(H2,63,65,67,75)/t36-,39+,41+,49-/m1/s1. The molecule has 1 saturated heterocycles. The van der Waals surface area contributed by atoms with E-state index in [0.29, 0.717) is 41.4 Å². The van der Waals surface area contributed by atoms with Gasteiger partial charge in [-0.15, -0.1) is 21.5 Å². The Morgan fingerprint density at radius 3 is 2.25 bits per heavy atom. The Balaban J connectivity index is 0.828. The van der Waals surface area contributed by atoms with Crippen molar-refractivity contribution < 1.29 is 47.8 Å². The number of methoxy groups -OCH3 is 1. The lowest BCUT2D eigenvalue weighted by Gasteiger charge is -2.36. The minimum absolute atomic E-state index is 0.0392. The van der Waals surface area contributed by atoms with Gasteiger partial charge in [0.25, 0.3) is 11.8 Å². The molecular weight excluding hydrogens is 1060 g/mol. The van der Waals surface area contributed by atoms with E-state index in [-0.39, 0.29) is 74.2 Å². The van der Waals surface area contributed by atoms with Gasteiger partial charge in [-0.3, -0.25) is 38.2 Å². The molecule has 23 nitrogen and oxygen atoms in total. The maximum Gasteiger partial charge on any atom is 0.273 e. The van der Waals surface area contributed by atoms with Crippen LogP contribution in [0.4, 0.5) is 21.6 Å². The lowest BCUT2D eigenvalue weighted by Crippen LogP contribution is -2.59. The highest BCUT2D eigenvalue weighted by Crippen LogP contribution is 2.41. The number of ether oxygens (including phenoxy) is 1. The van der Waals surface area contributed by atoms with Crippen molar-refractivity contribution in [2.45, 2.75) is 135 Å². The van der Waals surface area contributed by atoms with Gasteiger partial charge in [0.15, 0.2) is 28.8 Å². The number of carbonyl (C=O) groups excluding carboxylic acids is 7. The second-order valence-electron chi connectivity index (χ2n) is 21.5. The van der Waals surface area contributed by atoms with E-state index >= 15 is 0 Å². The number of nitrogens with zero attached hydrogens (tertiary/aromatic N) is 7. The molecule has 4 heterocycles. The van der Waals surface area contributed by atoms with Crippen LogP contribution in [0.1, 0.15) is 126 Å². The van der Waals surface area contributed by atoms with Gasteiger partial charge >= 0.3 is 0 Å². The first-order chi connectivity index (χ1) is 38.7. The number of aliphatic hydroxyl groups excluding tert-OH is 1. The molecule has 0 unspecified atom stereocenters. The lowest BCUT2D eigenvalue weighted by molar-refractivity contribution is -0.145. The van der Waals surface area contributed by atoms with Crippen LogP contribution in [-0.4, -0.2) is 139 Å². The Labute approximate surface area is 473 Å². The molecule has 81 heavy (non-hydrogen) atoms. The molecular formula is C56H73FN14O9S. The number of nitrogens with one attached hydrogen (secondary N) is 7. The van der Waals surface area contributed by atoms with Crippen LogP contribution >= 0.6 is 11.3 Å². The first kappa shape index (κ1) is 60.7. The van der Waals surface area contributed by atoms with Crippen LogP contribution in [0.2, 0.25) is 0 Å². The summed E-state index contributed by atoms with van der Waals surface area (Å²) in [6.45, 7) is 7.07. The van der Waals surface area contributed by atoms with Crippen LogP contribution in [-0.2, 0) is 35.8 Å². The zero-order valence-corrected chi connectivity index (χ0v) is 47.6. The summed E-state index contributed by atoms with van der Waals surface area (Å²) in [6.07, 6.45) is 6.49. The first-order valence-electron chi connectivity index (χ1n) is 27.2. The van der Waals surface area contributed by atoms with E-state index in [0.717, 1.165) is 54.7 Å². The highest BCUT2D eigenvalue weighted by atomic mass is 32.1. The van der Waals surface area contributed by atoms with Crippen LogP contribution in [0, 0.1) is 12.3 Å². The molecule has 8 N–H and O–H groups in total. The van der Waals surface area contributed by atoms with Gasteiger partial charge in [0.2, 0.25) is 29.5 Å². The average molecular weight is 1140 g/mol. The Morgan fingerprint density at radius 1 is 0.889 bits per heavy atom. The summed E-state index contributed by atoms with van der Waals surface area (Å²) in [5, 5.41) is 42.7. The van der Waals surface area contributed by atoms with Crippen molar-refractivity contribution in [2.75, 3.05) is 44.4 Å². The normalized spacial score (nSPS) is 16.1. The molecule has 0 spiro atoms. The molecule has 5 aromatic rings. The van der Waals surface area contributed by atoms with Gasteiger partial charge in [-0.2, -0.15) is 5.10 Å². The Bertz CT molecular complexity index is 3050. The summed E-state index contributed by atoms with van der Waals surface area (Å²) in [5.74, 6) is -2.81. The van der Waals surface area contributed by atoms with Crippen molar-refractivity contribution >= 4 is 69.9 Å². The number of thiazole rings is 1. The number of carbonyl (C=O) groups is 7. The monoisotopic (exact) mass is 1140 g/mol. The molecule has 0 radical (unpaired) electrons. The number of hydrogen-bond acceptors (Lipinski definition) is 16. The Morgan fingerprint density at radius 2 is 1.60 bits per heavy atom. The molecule has 7 rings (SSSR count). The number of anilines is 3. The third-order valence-corrected chi connectivity index (χ3v) is 15.0. The predicted octanol–water partition coefficient (Wildman–Crippen LogP) is 5.35. The van der Waals surface area contributed by atoms with Crippen molar-refractivity contribution in [1.29, 1.82) is 0 Å². The molecule has 3 aromatic heterocycles. The molecule has 2 aliphatic rings. The van der Waals surface area contributed by atoms with E-state index in [1.54, 1.807) is 62.5 Å². The van der Waals surface area contributed by atoms with E-state index < -0.39 is 64.8 Å². The molecule has 7 amide bonds. The molecule has 4 atom stereocenters. The molecule has 1 aliphatic carbocycles. The zero-order chi connectivity index (χ0) is 58.4. The second-order valence-corrected chi connectivity index (χ2v) is 22.4. The van der Waals surface area contributed by atoms with Crippen molar-refractivity contribution in [3.63, 3.8) is 0 Å². The number of unbranched alkanes of at least 4 members (excludes halogenated alkanes) is 6. The number of aryl methyl sites for hydroxylation is 2. The fourth-order valence-corrected chi connectivity index (χ4v) is 10.2. The molecule has 2 aromatic carbocycles. The minimum atomic E-state index is -2.02. The smallest absolute Gasteiger partial charge is 0.273 e. The number of aromatic nitrogens is 6. The van der Waals surface area contributed by atoms with Crippen LogP contribution < -0.4 is 42.0 Å². The van der Waals surface area contributed by atoms with Gasteiger partial charge in [0.1, 0.15) is 18.4 Å². The van der Waals surface area contributed by atoms with Crippen LogP contribution in [0.3, 0.4) is 0 Å². The van der Waals surface area contributed by atoms with Crippen LogP contribution in [0.15, 0.2) is 60.4 Å². The van der Waals surface area contributed by atoms with Gasteiger partial charge in [-0.1, -0.05) is 83.2 Å². The SMILES string of the molecule is CNC(=O)c1nnc(NC(=O)CNC(=O)CCCCCCCCCNC(=O)C[C@H](NC(=O)[C@@H]2C[C@@H](O)CN2C(=O)[C@@H](NC(=O)C2(F)CC2)C(C)(C)C)c2ccc(-c3scnc3C)cc2)cc1Nc1cccc(-c2ncn(C)n2)c1OC. The van der Waals surface area contributed by atoms with E-state index in [2.05, 4.69) is 62.5 Å². The zero-order valence-electron chi connectivity index (χ0n) is 46.8. The highest BCUT2D eigenvalue weighted by Gasteiger charge is 2.53. The van der Waals surface area contributed by atoms with Gasteiger partial charge < -0.3 is 52.0 Å². The van der Waals surface area contributed by atoms with Crippen molar-refractivity contribution in [2.24, 2.45) is 12.5 Å². The number of β-amino-alcohol motifs (C(OH)–C–C–N with tert-alkyl or cyclic N) is 1. The first-order valence-corrected chi connectivity index (χ1v) is 28.1. The quantitative estimate of drug-likeness (QED) is 0.0308. The molecule has 1 saturated carbocycles. The van der Waals surface area contributed by atoms with Crippen LogP contribution in [0.25, 0.3) is 21.8 Å². The number of hydrogen-bond donors (Lipinski definition) is 8. The van der Waals surface area contributed by atoms with Crippen molar-refractivity contribution in [3.8, 4) is 27.6 Å². The summed E-state index contributed by atoms with van der Waals surface area (Å²) < 4.78 is 22.0. The van der Waals surface area contributed by atoms with E-state index in [4.69, 9.17) is 4.74 Å².